The molecule has 0 spiro atoms. The summed E-state index contributed by atoms with van der Waals surface area (Å²) in [5.74, 6) is -2.05. The fourth-order valence-electron chi connectivity index (χ4n) is 4.13. The highest BCUT2D eigenvalue weighted by atomic mass is 35.5. The second-order valence-electron chi connectivity index (χ2n) is 7.47. The van der Waals surface area contributed by atoms with Crippen LogP contribution in [0.1, 0.15) is 29.3 Å². The van der Waals surface area contributed by atoms with Gasteiger partial charge in [0.05, 0.1) is 29.0 Å². The van der Waals surface area contributed by atoms with Crippen LogP contribution in [-0.4, -0.2) is 27.7 Å². The van der Waals surface area contributed by atoms with Crippen molar-refractivity contribution in [3.8, 4) is 0 Å². The first-order valence-corrected chi connectivity index (χ1v) is 10.0. The van der Waals surface area contributed by atoms with Crippen LogP contribution in [0.3, 0.4) is 0 Å². The largest absolute Gasteiger partial charge is 0.274 e. The second-order valence-corrected chi connectivity index (χ2v) is 7.88. The first-order chi connectivity index (χ1) is 14.0. The van der Waals surface area contributed by atoms with Gasteiger partial charge in [-0.15, -0.1) is 0 Å². The average Bonchev–Trinajstić information content (AvgIpc) is 2.98. The van der Waals surface area contributed by atoms with Crippen LogP contribution in [0.15, 0.2) is 66.7 Å². The summed E-state index contributed by atoms with van der Waals surface area (Å²) in [5.41, 5.74) is 1.07. The maximum atomic E-state index is 13.4. The molecule has 0 saturated carbocycles. The Balaban J connectivity index is 1.74. The summed E-state index contributed by atoms with van der Waals surface area (Å²) in [6.07, 6.45) is 4.42. The van der Waals surface area contributed by atoms with Crippen LogP contribution in [0.2, 0.25) is 5.02 Å². The highest BCUT2D eigenvalue weighted by Gasteiger charge is 2.53. The number of halogens is 1. The lowest BCUT2D eigenvalue weighted by atomic mass is 9.78. The normalized spacial score (nSPS) is 23.2. The number of hydrogen-bond acceptors (Lipinski definition) is 3. The molecular formula is C23H21ClN2O3. The van der Waals surface area contributed by atoms with Gasteiger partial charge < -0.3 is 0 Å². The summed E-state index contributed by atoms with van der Waals surface area (Å²) in [6, 6.07) is 16.0. The van der Waals surface area contributed by atoms with E-state index in [0.29, 0.717) is 6.42 Å². The minimum Gasteiger partial charge on any atom is -0.272 e. The maximum Gasteiger partial charge on any atom is 0.274 e. The molecule has 0 N–H and O–H groups in total. The van der Waals surface area contributed by atoms with Crippen LogP contribution >= 0.6 is 11.6 Å². The molecule has 148 valence electrons. The predicted molar refractivity (Wildman–Crippen MR) is 110 cm³/mol. The molecule has 1 saturated heterocycles. The van der Waals surface area contributed by atoms with Crippen molar-refractivity contribution in [1.82, 2.24) is 10.0 Å². The number of hydrogen-bond donors (Lipinski definition) is 0. The molecule has 2 aromatic carbocycles. The molecule has 3 atom stereocenters. The summed E-state index contributed by atoms with van der Waals surface area (Å²) < 4.78 is 0. The molecule has 3 amide bonds. The molecule has 2 aliphatic rings. The number of carbonyl (C=O) groups excluding carboxylic acids is 3. The van der Waals surface area contributed by atoms with Crippen LogP contribution < -0.4 is 0 Å². The third kappa shape index (κ3) is 3.47. The fraction of sp³-hybridized carbons (Fsp3) is 0.261. The minimum atomic E-state index is -0.472. The van der Waals surface area contributed by atoms with Crippen molar-refractivity contribution in [2.75, 3.05) is 0 Å². The van der Waals surface area contributed by atoms with Crippen LogP contribution in [-0.2, 0) is 16.1 Å². The Labute approximate surface area is 174 Å². The number of hydrazine groups is 1. The van der Waals surface area contributed by atoms with Gasteiger partial charge in [0, 0.05) is 0 Å². The molecule has 2 aromatic rings. The quantitative estimate of drug-likeness (QED) is 0.565. The zero-order valence-electron chi connectivity index (χ0n) is 16.0. The van der Waals surface area contributed by atoms with Gasteiger partial charge in [-0.05, 0) is 30.0 Å². The molecule has 1 fully saturated rings. The van der Waals surface area contributed by atoms with Crippen molar-refractivity contribution in [2.45, 2.75) is 19.9 Å². The predicted octanol–water partition coefficient (Wildman–Crippen LogP) is 4.09. The molecule has 0 radical (unpaired) electrons. The van der Waals surface area contributed by atoms with Crippen LogP contribution in [0.4, 0.5) is 0 Å². The van der Waals surface area contributed by atoms with Gasteiger partial charge in [0.15, 0.2) is 0 Å². The smallest absolute Gasteiger partial charge is 0.272 e. The second kappa shape index (κ2) is 7.84. The number of benzene rings is 2. The number of imide groups is 1. The van der Waals surface area contributed by atoms with Crippen molar-refractivity contribution >= 4 is 29.3 Å². The molecule has 0 bridgehead atoms. The Morgan fingerprint density at radius 3 is 2.45 bits per heavy atom. The molecule has 5 nitrogen and oxygen atoms in total. The van der Waals surface area contributed by atoms with E-state index in [2.05, 4.69) is 0 Å². The monoisotopic (exact) mass is 408 g/mol. The highest BCUT2D eigenvalue weighted by molar-refractivity contribution is 6.33. The van der Waals surface area contributed by atoms with Crippen molar-refractivity contribution in [1.29, 1.82) is 0 Å². The summed E-state index contributed by atoms with van der Waals surface area (Å²) in [5, 5.41) is 2.58. The van der Waals surface area contributed by atoms with Gasteiger partial charge in [0.1, 0.15) is 0 Å². The molecule has 6 heteroatoms. The van der Waals surface area contributed by atoms with Gasteiger partial charge in [0.2, 0.25) is 0 Å². The maximum absolute atomic E-state index is 13.4. The molecule has 29 heavy (non-hydrogen) atoms. The van der Waals surface area contributed by atoms with Crippen molar-refractivity contribution < 1.29 is 14.4 Å². The Kier molecular flexibility index (Phi) is 5.24. The van der Waals surface area contributed by atoms with Gasteiger partial charge in [0.25, 0.3) is 17.7 Å². The zero-order valence-corrected chi connectivity index (χ0v) is 16.8. The van der Waals surface area contributed by atoms with Gasteiger partial charge >= 0.3 is 0 Å². The number of carbonyl (C=O) groups is 3. The van der Waals surface area contributed by atoms with E-state index in [1.807, 2.05) is 49.4 Å². The number of fused-ring (bicyclic) bond motifs is 1. The van der Waals surface area contributed by atoms with E-state index in [9.17, 15) is 14.4 Å². The summed E-state index contributed by atoms with van der Waals surface area (Å²) >= 11 is 6.24. The van der Waals surface area contributed by atoms with Gasteiger partial charge in [-0.25, -0.2) is 5.01 Å². The van der Waals surface area contributed by atoms with Gasteiger partial charge in [-0.1, -0.05) is 73.1 Å². The first kappa shape index (κ1) is 19.4. The van der Waals surface area contributed by atoms with E-state index in [1.54, 1.807) is 24.3 Å². The number of rotatable bonds is 4. The van der Waals surface area contributed by atoms with Crippen LogP contribution in [0, 0.1) is 17.8 Å². The Morgan fingerprint density at radius 2 is 1.76 bits per heavy atom. The molecule has 4 rings (SSSR count). The number of allylic oxidation sites excluding steroid dienone is 2. The van der Waals surface area contributed by atoms with Gasteiger partial charge in [-0.3, -0.25) is 14.4 Å². The van der Waals surface area contributed by atoms with Gasteiger partial charge in [-0.2, -0.15) is 5.01 Å². The van der Waals surface area contributed by atoms with E-state index in [4.69, 9.17) is 11.6 Å². The van der Waals surface area contributed by atoms with Crippen molar-refractivity contribution in [3.63, 3.8) is 0 Å². The highest BCUT2D eigenvalue weighted by Crippen LogP contribution is 2.39. The van der Waals surface area contributed by atoms with Crippen LogP contribution in [0.5, 0.6) is 0 Å². The minimum absolute atomic E-state index is 0.0517. The zero-order chi connectivity index (χ0) is 20.5. The topological polar surface area (TPSA) is 57.7 Å². The molecule has 1 heterocycles. The lowest BCUT2D eigenvalue weighted by Crippen LogP contribution is -2.50. The Morgan fingerprint density at radius 1 is 1.07 bits per heavy atom. The van der Waals surface area contributed by atoms with E-state index in [-0.39, 0.29) is 34.9 Å². The molecule has 0 aromatic heterocycles. The third-order valence-corrected chi connectivity index (χ3v) is 5.93. The van der Waals surface area contributed by atoms with Crippen molar-refractivity contribution in [2.24, 2.45) is 17.8 Å². The molecule has 1 aliphatic carbocycles. The average molecular weight is 409 g/mol. The van der Waals surface area contributed by atoms with E-state index >= 15 is 0 Å². The Hall–Kier alpha value is -2.92. The lowest BCUT2D eigenvalue weighted by Gasteiger charge is -2.31. The number of amides is 3. The Bertz CT molecular complexity index is 989. The fourth-order valence-corrected chi connectivity index (χ4v) is 4.35. The van der Waals surface area contributed by atoms with E-state index in [0.717, 1.165) is 10.6 Å². The molecule has 1 aliphatic heterocycles. The summed E-state index contributed by atoms with van der Waals surface area (Å²) in [7, 11) is 0. The standard InChI is InChI=1S/C23H21ClN2O3/c1-15-8-7-12-18-20(15)23(29)26(22(18)28)25(14-16-9-3-2-4-10-16)21(27)17-11-5-6-13-19(17)24/h2-11,13,15,18,20H,12,14H2,1H3/t15-,18+,20-/m1/s1. The van der Waals surface area contributed by atoms with E-state index in [1.165, 1.54) is 5.01 Å². The summed E-state index contributed by atoms with van der Waals surface area (Å²) in [6.45, 7) is 2.03. The number of nitrogens with zero attached hydrogens (tertiary/aromatic N) is 2. The van der Waals surface area contributed by atoms with Crippen molar-refractivity contribution in [3.05, 3.63) is 82.9 Å². The lowest BCUT2D eigenvalue weighted by molar-refractivity contribution is -0.155. The summed E-state index contributed by atoms with van der Waals surface area (Å²) in [4.78, 5) is 39.9. The van der Waals surface area contributed by atoms with Crippen LogP contribution in [0.25, 0.3) is 0 Å². The SMILES string of the molecule is C[C@@H]1C=CC[C@@H]2C(=O)N(N(Cc3ccccc3)C(=O)c3ccccc3Cl)C(=O)[C@H]12. The molecular weight excluding hydrogens is 388 g/mol. The third-order valence-electron chi connectivity index (χ3n) is 5.60. The molecule has 0 unspecified atom stereocenters. The first-order valence-electron chi connectivity index (χ1n) is 9.63. The van der Waals surface area contributed by atoms with E-state index < -0.39 is 17.7 Å².